The summed E-state index contributed by atoms with van der Waals surface area (Å²) in [4.78, 5) is 0. The summed E-state index contributed by atoms with van der Waals surface area (Å²) in [6, 6.07) is 18.4. The molecule has 0 aromatic heterocycles. The van der Waals surface area contributed by atoms with Crippen molar-refractivity contribution in [3.63, 3.8) is 0 Å². The van der Waals surface area contributed by atoms with Crippen LogP contribution in [-0.4, -0.2) is 23.8 Å². The van der Waals surface area contributed by atoms with Gasteiger partial charge in [-0.25, -0.2) is 13.1 Å². The Balaban J connectivity index is 1.44. The first-order valence-electron chi connectivity index (χ1n) is 10.8. The van der Waals surface area contributed by atoms with Crippen LogP contribution in [0, 0.1) is 17.6 Å². The van der Waals surface area contributed by atoms with Gasteiger partial charge in [-0.05, 0) is 78.4 Å². The lowest BCUT2D eigenvalue weighted by Crippen LogP contribution is -2.34. The van der Waals surface area contributed by atoms with Crippen LogP contribution in [0.4, 0.5) is 27.6 Å². The van der Waals surface area contributed by atoms with Gasteiger partial charge in [0.1, 0.15) is 17.4 Å². The fourth-order valence-corrected chi connectivity index (χ4v) is 5.10. The maximum absolute atomic E-state index is 13.5. The van der Waals surface area contributed by atoms with Crippen LogP contribution in [0.2, 0.25) is 0 Å². The van der Waals surface area contributed by atoms with Gasteiger partial charge < -0.3 is 9.46 Å². The van der Waals surface area contributed by atoms with Gasteiger partial charge in [0, 0.05) is 36.8 Å². The van der Waals surface area contributed by atoms with E-state index in [1.807, 2.05) is 0 Å². The van der Waals surface area contributed by atoms with E-state index in [1.165, 1.54) is 60.7 Å². The number of hydrogen-bond donors (Lipinski definition) is 1. The van der Waals surface area contributed by atoms with Gasteiger partial charge in [-0.3, -0.25) is 0 Å². The van der Waals surface area contributed by atoms with E-state index < -0.39 is 6.36 Å². The topological polar surface area (TPSA) is 24.5 Å². The third kappa shape index (κ3) is 6.64. The van der Waals surface area contributed by atoms with Crippen molar-refractivity contribution in [2.75, 3.05) is 17.8 Å². The number of piperidine rings is 1. The molecule has 1 fully saturated rings. The lowest BCUT2D eigenvalue weighted by molar-refractivity contribution is -0.274. The van der Waals surface area contributed by atoms with Gasteiger partial charge in [0.15, 0.2) is 0 Å². The number of rotatable bonds is 7. The monoisotopic (exact) mass is 494 g/mol. The average Bonchev–Trinajstić information content (AvgIpc) is 2.81. The number of nitrogens with zero attached hydrogens (tertiary/aromatic N) is 1. The molecule has 1 N–H and O–H groups in total. The highest BCUT2D eigenvalue weighted by atomic mass is 32.2. The summed E-state index contributed by atoms with van der Waals surface area (Å²) in [6.07, 6.45) is -2.82. The number of alkyl halides is 3. The molecule has 1 heterocycles. The third-order valence-corrected chi connectivity index (χ3v) is 6.65. The van der Waals surface area contributed by atoms with E-state index in [1.54, 1.807) is 24.3 Å². The second-order valence-corrected chi connectivity index (χ2v) is 9.04. The Kier molecular flexibility index (Phi) is 7.63. The minimum atomic E-state index is -4.72. The van der Waals surface area contributed by atoms with Crippen molar-refractivity contribution >= 4 is 17.8 Å². The number of benzene rings is 3. The molecule has 1 saturated heterocycles. The number of halogens is 5. The van der Waals surface area contributed by atoms with Crippen LogP contribution < -0.4 is 9.46 Å². The lowest BCUT2D eigenvalue weighted by atomic mass is 9.77. The van der Waals surface area contributed by atoms with Crippen LogP contribution in [0.3, 0.4) is 0 Å². The van der Waals surface area contributed by atoms with Crippen LogP contribution in [0.15, 0.2) is 72.8 Å². The van der Waals surface area contributed by atoms with E-state index in [9.17, 15) is 22.0 Å². The van der Waals surface area contributed by atoms with Crippen molar-refractivity contribution < 1.29 is 26.7 Å². The molecule has 1 atom stereocenters. The normalized spacial score (nSPS) is 17.1. The van der Waals surface area contributed by atoms with E-state index in [-0.39, 0.29) is 29.2 Å². The first-order valence-corrected chi connectivity index (χ1v) is 11.6. The zero-order valence-corrected chi connectivity index (χ0v) is 18.9. The molecule has 4 rings (SSSR count). The fourth-order valence-electron chi connectivity index (χ4n) is 4.25. The van der Waals surface area contributed by atoms with Crippen LogP contribution in [0.5, 0.6) is 5.75 Å². The molecule has 3 aromatic carbocycles. The van der Waals surface area contributed by atoms with Crippen molar-refractivity contribution in [2.45, 2.75) is 25.1 Å². The molecular weight excluding hydrogens is 471 g/mol. The molecule has 0 radical (unpaired) electrons. The molecule has 0 aliphatic carbocycles. The molecule has 0 spiro atoms. The summed E-state index contributed by atoms with van der Waals surface area (Å²) in [5.74, 6) is -0.705. The number of nitrogens with one attached hydrogen (secondary N) is 1. The number of anilines is 1. The molecule has 1 unspecified atom stereocenters. The van der Waals surface area contributed by atoms with Crippen LogP contribution in [0.1, 0.15) is 29.9 Å². The second-order valence-electron chi connectivity index (χ2n) is 8.14. The molecule has 1 aliphatic rings. The van der Waals surface area contributed by atoms with Gasteiger partial charge >= 0.3 is 6.36 Å². The summed E-state index contributed by atoms with van der Waals surface area (Å²) in [6.45, 7) is 1.56. The van der Waals surface area contributed by atoms with Gasteiger partial charge in [0.05, 0.1) is 0 Å². The van der Waals surface area contributed by atoms with Crippen molar-refractivity contribution in [3.8, 4) is 5.75 Å². The highest BCUT2D eigenvalue weighted by molar-refractivity contribution is 7.98. The predicted molar refractivity (Wildman–Crippen MR) is 123 cm³/mol. The zero-order chi connectivity index (χ0) is 24.1. The Morgan fingerprint density at radius 2 is 1.41 bits per heavy atom. The summed E-state index contributed by atoms with van der Waals surface area (Å²) in [7, 11) is 0. The molecule has 0 saturated carbocycles. The van der Waals surface area contributed by atoms with Gasteiger partial charge in [-0.1, -0.05) is 24.3 Å². The maximum Gasteiger partial charge on any atom is 0.573 e. The highest BCUT2D eigenvalue weighted by Gasteiger charge is 2.31. The van der Waals surface area contributed by atoms with Crippen LogP contribution >= 0.6 is 12.1 Å². The minimum Gasteiger partial charge on any atom is -0.406 e. The van der Waals surface area contributed by atoms with E-state index in [2.05, 4.69) is 13.8 Å². The summed E-state index contributed by atoms with van der Waals surface area (Å²) < 4.78 is 73.3. The fraction of sp³-hybridized carbons (Fsp3) is 0.280. The first kappa shape index (κ1) is 24.3. The zero-order valence-electron chi connectivity index (χ0n) is 18.1. The Morgan fingerprint density at radius 3 is 1.94 bits per heavy atom. The van der Waals surface area contributed by atoms with Crippen molar-refractivity contribution in [2.24, 2.45) is 5.92 Å². The van der Waals surface area contributed by atoms with Gasteiger partial charge in [0.2, 0.25) is 0 Å². The lowest BCUT2D eigenvalue weighted by Gasteiger charge is -2.36. The first-order chi connectivity index (χ1) is 16.3. The summed E-state index contributed by atoms with van der Waals surface area (Å²) in [5.41, 5.74) is 2.59. The molecule has 3 aromatic rings. The number of hydrogen-bond acceptors (Lipinski definition) is 4. The van der Waals surface area contributed by atoms with Gasteiger partial charge in [0.25, 0.3) is 0 Å². The van der Waals surface area contributed by atoms with Crippen LogP contribution in [-0.2, 0) is 0 Å². The molecule has 180 valence electrons. The average molecular weight is 495 g/mol. The molecule has 3 nitrogen and oxygen atoms in total. The molecule has 0 bridgehead atoms. The Hall–Kier alpha value is -2.78. The Morgan fingerprint density at radius 1 is 0.853 bits per heavy atom. The van der Waals surface area contributed by atoms with E-state index in [4.69, 9.17) is 0 Å². The largest absolute Gasteiger partial charge is 0.573 e. The van der Waals surface area contributed by atoms with Gasteiger partial charge in [-0.2, -0.15) is 0 Å². The van der Waals surface area contributed by atoms with Crippen molar-refractivity contribution in [1.29, 1.82) is 0 Å². The van der Waals surface area contributed by atoms with Gasteiger partial charge in [-0.15, -0.1) is 13.2 Å². The standard InChI is InChI=1S/C25H23F5N2OS/c26-20-7-3-17(4-8-20)24(18-5-9-21(27)10-6-18)19-2-1-15-32(16-19)34-31-22-11-13-23(14-12-22)33-25(28,29)30/h3-14,19,24,31H,1-2,15-16H2. The van der Waals surface area contributed by atoms with Crippen molar-refractivity contribution in [3.05, 3.63) is 95.6 Å². The van der Waals surface area contributed by atoms with E-state index >= 15 is 0 Å². The van der Waals surface area contributed by atoms with Crippen molar-refractivity contribution in [1.82, 2.24) is 4.31 Å². The second kappa shape index (κ2) is 10.7. The predicted octanol–water partition coefficient (Wildman–Crippen LogP) is 7.38. The SMILES string of the molecule is Fc1ccc(C(c2ccc(F)cc2)C2CCCN(SNc3ccc(OC(F)(F)F)cc3)C2)cc1. The highest BCUT2D eigenvalue weighted by Crippen LogP contribution is 2.39. The van der Waals surface area contributed by atoms with E-state index in [0.717, 1.165) is 37.1 Å². The molecule has 0 amide bonds. The summed E-state index contributed by atoms with van der Waals surface area (Å²) >= 11 is 1.39. The Bertz CT molecular complexity index is 1010. The summed E-state index contributed by atoms with van der Waals surface area (Å²) in [5, 5.41) is 0. The van der Waals surface area contributed by atoms with E-state index in [0.29, 0.717) is 5.69 Å². The quantitative estimate of drug-likeness (QED) is 0.274. The number of ether oxygens (including phenoxy) is 1. The van der Waals surface area contributed by atoms with Crippen LogP contribution in [0.25, 0.3) is 0 Å². The minimum absolute atomic E-state index is 0.0246. The smallest absolute Gasteiger partial charge is 0.406 e. The Labute approximate surface area is 199 Å². The third-order valence-electron chi connectivity index (χ3n) is 5.73. The molecule has 1 aliphatic heterocycles. The molecule has 9 heteroatoms. The maximum atomic E-state index is 13.5. The molecule has 34 heavy (non-hydrogen) atoms. The molecular formula is C25H23F5N2OS.